The van der Waals surface area contributed by atoms with E-state index < -0.39 is 15.4 Å². The van der Waals surface area contributed by atoms with Gasteiger partial charge >= 0.3 is 0 Å². The lowest BCUT2D eigenvalue weighted by molar-refractivity contribution is -0.128. The predicted octanol–water partition coefficient (Wildman–Crippen LogP) is 0.516. The van der Waals surface area contributed by atoms with Gasteiger partial charge in [-0.15, -0.1) is 0 Å². The van der Waals surface area contributed by atoms with Gasteiger partial charge in [-0.25, -0.2) is 13.1 Å². The van der Waals surface area contributed by atoms with Crippen LogP contribution in [0.4, 0.5) is 0 Å². The molecule has 0 saturated heterocycles. The fraction of sp³-hybridized carbons (Fsp3) is 0.833. The maximum absolute atomic E-state index is 12.1. The molecule has 0 aromatic heterocycles. The van der Waals surface area contributed by atoms with Crippen molar-refractivity contribution in [3.05, 3.63) is 0 Å². The maximum Gasteiger partial charge on any atom is 0.240 e. The zero-order valence-electron chi connectivity index (χ0n) is 11.2. The fourth-order valence-electron chi connectivity index (χ4n) is 2.29. The van der Waals surface area contributed by atoms with Crippen LogP contribution in [-0.4, -0.2) is 33.7 Å². The lowest BCUT2D eigenvalue weighted by Gasteiger charge is -2.23. The van der Waals surface area contributed by atoms with Crippen LogP contribution in [0.1, 0.15) is 38.5 Å². The highest BCUT2D eigenvalue weighted by Crippen LogP contribution is 2.34. The summed E-state index contributed by atoms with van der Waals surface area (Å²) in [5.41, 5.74) is -0.972. The minimum absolute atomic E-state index is 0.0332. The van der Waals surface area contributed by atoms with Gasteiger partial charge in [0.15, 0.2) is 0 Å². The molecule has 0 unspecified atom stereocenters. The van der Waals surface area contributed by atoms with E-state index in [0.717, 1.165) is 25.7 Å². The third-order valence-electron chi connectivity index (χ3n) is 3.57. The van der Waals surface area contributed by atoms with Crippen LogP contribution in [0.25, 0.3) is 0 Å². The van der Waals surface area contributed by atoms with Crippen molar-refractivity contribution in [3.8, 4) is 6.07 Å². The molecule has 0 spiro atoms. The number of rotatable bonds is 5. The Morgan fingerprint density at radius 1 is 1.26 bits per heavy atom. The number of nitrogens with zero attached hydrogens (tertiary/aromatic N) is 1. The SMILES string of the molecule is CNS(=O)(=O)CCNC(=O)C1(C#N)CCCCCC1. The van der Waals surface area contributed by atoms with Crippen molar-refractivity contribution < 1.29 is 13.2 Å². The number of carbonyl (C=O) groups excluding carboxylic acids is 1. The number of hydrogen-bond donors (Lipinski definition) is 2. The van der Waals surface area contributed by atoms with E-state index in [0.29, 0.717) is 12.8 Å². The highest BCUT2D eigenvalue weighted by Gasteiger charge is 2.38. The molecule has 1 aliphatic carbocycles. The van der Waals surface area contributed by atoms with Crippen LogP contribution in [0.5, 0.6) is 0 Å². The summed E-state index contributed by atoms with van der Waals surface area (Å²) in [6.45, 7) is 0.0332. The molecular formula is C12H21N3O3S. The van der Waals surface area contributed by atoms with E-state index in [9.17, 15) is 18.5 Å². The molecule has 7 heteroatoms. The third kappa shape index (κ3) is 4.48. The van der Waals surface area contributed by atoms with Crippen molar-refractivity contribution in [2.45, 2.75) is 38.5 Å². The molecule has 1 aliphatic rings. The van der Waals surface area contributed by atoms with Crippen LogP contribution in [0, 0.1) is 16.7 Å². The molecule has 0 atom stereocenters. The highest BCUT2D eigenvalue weighted by atomic mass is 32.2. The van der Waals surface area contributed by atoms with E-state index in [4.69, 9.17) is 0 Å². The van der Waals surface area contributed by atoms with Crippen LogP contribution < -0.4 is 10.0 Å². The summed E-state index contributed by atoms with van der Waals surface area (Å²) in [5.74, 6) is -0.500. The molecule has 1 saturated carbocycles. The van der Waals surface area contributed by atoms with Gasteiger partial charge in [-0.1, -0.05) is 25.7 Å². The molecule has 0 heterocycles. The van der Waals surface area contributed by atoms with Gasteiger partial charge in [0.2, 0.25) is 15.9 Å². The lowest BCUT2D eigenvalue weighted by Crippen LogP contribution is -2.42. The molecule has 0 radical (unpaired) electrons. The highest BCUT2D eigenvalue weighted by molar-refractivity contribution is 7.89. The number of hydrogen-bond acceptors (Lipinski definition) is 4. The predicted molar refractivity (Wildman–Crippen MR) is 71.6 cm³/mol. The first-order valence-corrected chi connectivity index (χ1v) is 8.22. The molecule has 108 valence electrons. The van der Waals surface area contributed by atoms with Gasteiger partial charge in [0.05, 0.1) is 11.8 Å². The fourth-order valence-corrected chi connectivity index (χ4v) is 2.87. The molecule has 0 aromatic carbocycles. The van der Waals surface area contributed by atoms with E-state index in [1.807, 2.05) is 0 Å². The second-order valence-corrected chi connectivity index (χ2v) is 6.93. The van der Waals surface area contributed by atoms with E-state index in [1.165, 1.54) is 7.05 Å². The van der Waals surface area contributed by atoms with Crippen LogP contribution in [-0.2, 0) is 14.8 Å². The third-order valence-corrected chi connectivity index (χ3v) is 4.94. The molecule has 0 aromatic rings. The molecule has 0 aliphatic heterocycles. The summed E-state index contributed by atoms with van der Waals surface area (Å²) < 4.78 is 24.7. The Labute approximate surface area is 114 Å². The summed E-state index contributed by atoms with van der Waals surface area (Å²) in [6, 6.07) is 2.14. The zero-order valence-corrected chi connectivity index (χ0v) is 12.1. The summed E-state index contributed by atoms with van der Waals surface area (Å²) in [7, 11) is -1.99. The Morgan fingerprint density at radius 3 is 2.32 bits per heavy atom. The Hall–Kier alpha value is -1.13. The molecule has 1 rings (SSSR count). The van der Waals surface area contributed by atoms with Crippen LogP contribution in [0.2, 0.25) is 0 Å². The quantitative estimate of drug-likeness (QED) is 0.720. The van der Waals surface area contributed by atoms with Crippen molar-refractivity contribution >= 4 is 15.9 Å². The largest absolute Gasteiger partial charge is 0.354 e. The summed E-state index contributed by atoms with van der Waals surface area (Å²) >= 11 is 0. The molecule has 2 N–H and O–H groups in total. The Bertz CT molecular complexity index is 445. The van der Waals surface area contributed by atoms with E-state index in [2.05, 4.69) is 16.1 Å². The smallest absolute Gasteiger partial charge is 0.240 e. The molecule has 1 amide bonds. The first kappa shape index (κ1) is 15.9. The van der Waals surface area contributed by atoms with Gasteiger partial charge < -0.3 is 5.32 Å². The number of nitrogens with one attached hydrogen (secondary N) is 2. The maximum atomic E-state index is 12.1. The normalized spacial score (nSPS) is 19.2. The van der Waals surface area contributed by atoms with Gasteiger partial charge in [0.1, 0.15) is 5.41 Å². The van der Waals surface area contributed by atoms with Gasteiger partial charge in [-0.2, -0.15) is 5.26 Å². The van der Waals surface area contributed by atoms with Crippen molar-refractivity contribution in [3.63, 3.8) is 0 Å². The second kappa shape index (κ2) is 6.87. The van der Waals surface area contributed by atoms with Crippen molar-refractivity contribution in [2.75, 3.05) is 19.3 Å². The van der Waals surface area contributed by atoms with Crippen molar-refractivity contribution in [2.24, 2.45) is 5.41 Å². The average Bonchev–Trinajstić information content (AvgIpc) is 2.64. The minimum atomic E-state index is -3.33. The van der Waals surface area contributed by atoms with Gasteiger partial charge in [-0.3, -0.25) is 4.79 Å². The second-order valence-electron chi connectivity index (χ2n) is 4.89. The Kier molecular flexibility index (Phi) is 5.76. The molecule has 19 heavy (non-hydrogen) atoms. The van der Waals surface area contributed by atoms with Crippen LogP contribution in [0.3, 0.4) is 0 Å². The standard InChI is InChI=1S/C12H21N3O3S/c1-14-19(17,18)9-8-15-11(16)12(10-13)6-4-2-3-5-7-12/h14H,2-9H2,1H3,(H,15,16). The summed E-state index contributed by atoms with van der Waals surface area (Å²) in [4.78, 5) is 12.1. The Morgan fingerprint density at radius 2 is 1.84 bits per heavy atom. The Balaban J connectivity index is 2.57. The van der Waals surface area contributed by atoms with E-state index >= 15 is 0 Å². The van der Waals surface area contributed by atoms with E-state index in [1.54, 1.807) is 0 Å². The molecule has 6 nitrogen and oxygen atoms in total. The number of sulfonamides is 1. The van der Waals surface area contributed by atoms with Crippen LogP contribution >= 0.6 is 0 Å². The van der Waals surface area contributed by atoms with Gasteiger partial charge in [0.25, 0.3) is 0 Å². The summed E-state index contributed by atoms with van der Waals surface area (Å²) in [5, 5.41) is 11.9. The van der Waals surface area contributed by atoms with Gasteiger partial charge in [0, 0.05) is 6.54 Å². The van der Waals surface area contributed by atoms with Crippen molar-refractivity contribution in [1.29, 1.82) is 5.26 Å². The number of carbonyl (C=O) groups is 1. The lowest BCUT2D eigenvalue weighted by atomic mass is 9.81. The number of amides is 1. The van der Waals surface area contributed by atoms with E-state index in [-0.39, 0.29) is 18.2 Å². The summed E-state index contributed by atoms with van der Waals surface area (Å²) in [6.07, 6.45) is 4.96. The molecule has 0 bridgehead atoms. The molecular weight excluding hydrogens is 266 g/mol. The zero-order chi connectivity index (χ0) is 14.4. The van der Waals surface area contributed by atoms with Gasteiger partial charge in [-0.05, 0) is 19.9 Å². The van der Waals surface area contributed by atoms with Crippen molar-refractivity contribution in [1.82, 2.24) is 10.0 Å². The minimum Gasteiger partial charge on any atom is -0.354 e. The monoisotopic (exact) mass is 287 g/mol. The first-order chi connectivity index (χ1) is 8.96. The van der Waals surface area contributed by atoms with Crippen LogP contribution in [0.15, 0.2) is 0 Å². The average molecular weight is 287 g/mol. The number of nitriles is 1. The molecule has 1 fully saturated rings. The topological polar surface area (TPSA) is 99.1 Å². The first-order valence-electron chi connectivity index (χ1n) is 6.56.